The first-order valence-electron chi connectivity index (χ1n) is 8.32. The number of nitrogens with one attached hydrogen (secondary N) is 2. The monoisotopic (exact) mass is 398 g/mol. The van der Waals surface area contributed by atoms with Crippen molar-refractivity contribution >= 4 is 40.0 Å². The van der Waals surface area contributed by atoms with Crippen molar-refractivity contribution in [3.63, 3.8) is 0 Å². The van der Waals surface area contributed by atoms with Gasteiger partial charge in [0.05, 0.1) is 18.4 Å². The van der Waals surface area contributed by atoms with Crippen molar-refractivity contribution in [1.29, 1.82) is 0 Å². The number of aromatic nitrogens is 1. The van der Waals surface area contributed by atoms with Crippen LogP contribution in [0.15, 0.2) is 60.2 Å². The highest BCUT2D eigenvalue weighted by Gasteiger charge is 2.51. The number of aromatic amines is 1. The second-order valence-corrected chi connectivity index (χ2v) is 6.63. The van der Waals surface area contributed by atoms with Crippen LogP contribution in [-0.4, -0.2) is 29.1 Å². The Labute approximate surface area is 164 Å². The van der Waals surface area contributed by atoms with Crippen LogP contribution >= 0.6 is 11.6 Å². The van der Waals surface area contributed by atoms with Crippen molar-refractivity contribution < 1.29 is 24.3 Å². The lowest BCUT2D eigenvalue weighted by molar-refractivity contribution is -0.179. The fourth-order valence-corrected chi connectivity index (χ4v) is 3.39. The van der Waals surface area contributed by atoms with E-state index in [0.29, 0.717) is 10.7 Å². The highest BCUT2D eigenvalue weighted by molar-refractivity contribution is 6.30. The molecule has 0 saturated carbocycles. The number of halogens is 1. The lowest BCUT2D eigenvalue weighted by Crippen LogP contribution is -2.28. The van der Waals surface area contributed by atoms with Gasteiger partial charge in [-0.3, -0.25) is 9.63 Å². The molecular formula is C20H15ClN2O5. The summed E-state index contributed by atoms with van der Waals surface area (Å²) in [5.41, 5.74) is 3.13. The van der Waals surface area contributed by atoms with Crippen molar-refractivity contribution in [2.24, 2.45) is 0 Å². The van der Waals surface area contributed by atoms with Gasteiger partial charge >= 0.3 is 5.97 Å². The summed E-state index contributed by atoms with van der Waals surface area (Å²) in [6, 6.07) is 15.3. The molecule has 2 heterocycles. The Morgan fingerprint density at radius 2 is 1.93 bits per heavy atom. The van der Waals surface area contributed by atoms with Gasteiger partial charge in [-0.2, -0.15) is 0 Å². The molecule has 0 spiro atoms. The number of H-pyrrole nitrogens is 1. The van der Waals surface area contributed by atoms with Crippen molar-refractivity contribution in [3.05, 3.63) is 76.5 Å². The number of cyclic esters (lactones) is 1. The van der Waals surface area contributed by atoms with Crippen LogP contribution < -0.4 is 5.48 Å². The topological polar surface area (TPSA) is 101 Å². The number of fused-ring (bicyclic) bond motifs is 1. The molecule has 0 aliphatic carbocycles. The molecule has 1 atom stereocenters. The molecule has 7 nitrogen and oxygen atoms in total. The van der Waals surface area contributed by atoms with Crippen LogP contribution in [0.1, 0.15) is 11.3 Å². The van der Waals surface area contributed by atoms with Crippen LogP contribution in [0.2, 0.25) is 5.02 Å². The molecule has 1 aromatic heterocycles. The Morgan fingerprint density at radius 3 is 2.61 bits per heavy atom. The minimum Gasteiger partial charge on any atom is -0.420 e. The predicted molar refractivity (Wildman–Crippen MR) is 102 cm³/mol. The van der Waals surface area contributed by atoms with E-state index in [1.165, 1.54) is 19.2 Å². The van der Waals surface area contributed by atoms with E-state index in [1.807, 2.05) is 24.3 Å². The second kappa shape index (κ2) is 6.79. The SMILES string of the molecule is CONC(=O)C1=C(c2cc3ccccc3[nH]2)C(O)(c2ccc(Cl)cc2)OC1=O. The number of rotatable bonds is 4. The fourth-order valence-electron chi connectivity index (χ4n) is 3.26. The lowest BCUT2D eigenvalue weighted by Gasteiger charge is -2.25. The van der Waals surface area contributed by atoms with E-state index in [4.69, 9.17) is 16.3 Å². The average Bonchev–Trinajstić information content (AvgIpc) is 3.20. The Balaban J connectivity index is 1.97. The van der Waals surface area contributed by atoms with Crippen molar-refractivity contribution in [2.45, 2.75) is 5.79 Å². The highest BCUT2D eigenvalue weighted by Crippen LogP contribution is 2.45. The number of para-hydroxylation sites is 1. The first-order chi connectivity index (χ1) is 13.4. The number of esters is 1. The molecule has 1 amide bonds. The van der Waals surface area contributed by atoms with E-state index < -0.39 is 17.7 Å². The molecule has 0 bridgehead atoms. The largest absolute Gasteiger partial charge is 0.420 e. The van der Waals surface area contributed by atoms with Gasteiger partial charge in [-0.1, -0.05) is 41.9 Å². The van der Waals surface area contributed by atoms with E-state index in [1.54, 1.807) is 18.2 Å². The zero-order valence-corrected chi connectivity index (χ0v) is 15.4. The molecule has 8 heteroatoms. The van der Waals surface area contributed by atoms with E-state index in [-0.39, 0.29) is 16.7 Å². The first-order valence-corrected chi connectivity index (χ1v) is 8.70. The third kappa shape index (κ3) is 2.86. The van der Waals surface area contributed by atoms with Gasteiger partial charge in [0.2, 0.25) is 0 Å². The van der Waals surface area contributed by atoms with Gasteiger partial charge in [-0.05, 0) is 29.7 Å². The summed E-state index contributed by atoms with van der Waals surface area (Å²) in [6.07, 6.45) is 0. The minimum absolute atomic E-state index is 0.00873. The van der Waals surface area contributed by atoms with Gasteiger partial charge in [0.1, 0.15) is 5.57 Å². The molecule has 2 aromatic carbocycles. The van der Waals surface area contributed by atoms with Gasteiger partial charge in [0.15, 0.2) is 0 Å². The van der Waals surface area contributed by atoms with E-state index >= 15 is 0 Å². The van der Waals surface area contributed by atoms with Crippen LogP contribution in [0.5, 0.6) is 0 Å². The lowest BCUT2D eigenvalue weighted by atomic mass is 9.92. The Morgan fingerprint density at radius 1 is 1.21 bits per heavy atom. The molecular weight excluding hydrogens is 384 g/mol. The Hall–Kier alpha value is -3.13. The van der Waals surface area contributed by atoms with E-state index in [9.17, 15) is 14.7 Å². The Bertz CT molecular complexity index is 1090. The number of hydrogen-bond acceptors (Lipinski definition) is 5. The molecule has 4 rings (SSSR count). The highest BCUT2D eigenvalue weighted by atomic mass is 35.5. The second-order valence-electron chi connectivity index (χ2n) is 6.20. The summed E-state index contributed by atoms with van der Waals surface area (Å²) < 4.78 is 5.28. The predicted octanol–water partition coefficient (Wildman–Crippen LogP) is 2.65. The van der Waals surface area contributed by atoms with Gasteiger partial charge in [0, 0.05) is 16.1 Å². The fraction of sp³-hybridized carbons (Fsp3) is 0.100. The van der Waals surface area contributed by atoms with Crippen LogP contribution in [0.3, 0.4) is 0 Å². The maximum absolute atomic E-state index is 12.5. The third-order valence-corrected chi connectivity index (χ3v) is 4.74. The maximum Gasteiger partial charge on any atom is 0.347 e. The smallest absolute Gasteiger partial charge is 0.347 e. The summed E-state index contributed by atoms with van der Waals surface area (Å²) in [7, 11) is 1.24. The van der Waals surface area contributed by atoms with Crippen molar-refractivity contribution in [1.82, 2.24) is 10.5 Å². The number of amides is 1. The molecule has 3 aromatic rings. The van der Waals surface area contributed by atoms with Crippen LogP contribution in [0, 0.1) is 0 Å². The van der Waals surface area contributed by atoms with Gasteiger partial charge in [0.25, 0.3) is 11.7 Å². The number of aliphatic hydroxyl groups is 1. The van der Waals surface area contributed by atoms with E-state index in [2.05, 4.69) is 15.3 Å². The number of hydrogen-bond donors (Lipinski definition) is 3. The molecule has 3 N–H and O–H groups in total. The quantitative estimate of drug-likeness (QED) is 0.356. The Kier molecular flexibility index (Phi) is 4.43. The molecule has 0 saturated heterocycles. The summed E-state index contributed by atoms with van der Waals surface area (Å²) >= 11 is 5.93. The number of hydroxylamine groups is 1. The molecule has 142 valence electrons. The van der Waals surface area contributed by atoms with Crippen LogP contribution in [0.4, 0.5) is 0 Å². The maximum atomic E-state index is 12.5. The van der Waals surface area contributed by atoms with Crippen molar-refractivity contribution in [3.8, 4) is 0 Å². The number of ether oxygens (including phenoxy) is 1. The molecule has 0 fully saturated rings. The standard InChI is InChI=1S/C20H15ClN2O5/c1-27-23-18(24)16-17(15-10-11-4-2-3-5-14(11)22-15)20(26,28-19(16)25)12-6-8-13(21)9-7-12/h2-10,22,26H,1H3,(H,23,24). The van der Waals surface area contributed by atoms with Crippen LogP contribution in [-0.2, 0) is 25.0 Å². The van der Waals surface area contributed by atoms with Crippen molar-refractivity contribution in [2.75, 3.05) is 7.11 Å². The zero-order valence-electron chi connectivity index (χ0n) is 14.7. The number of benzene rings is 2. The van der Waals surface area contributed by atoms with Gasteiger partial charge in [-0.25, -0.2) is 10.3 Å². The average molecular weight is 399 g/mol. The number of carbonyl (C=O) groups is 2. The summed E-state index contributed by atoms with van der Waals surface area (Å²) in [5, 5.41) is 12.7. The first kappa shape index (κ1) is 18.2. The van der Waals surface area contributed by atoms with Crippen LogP contribution in [0.25, 0.3) is 16.5 Å². The summed E-state index contributed by atoms with van der Waals surface area (Å²) in [4.78, 5) is 32.8. The van der Waals surface area contributed by atoms with Gasteiger partial charge < -0.3 is 14.8 Å². The molecule has 0 radical (unpaired) electrons. The summed E-state index contributed by atoms with van der Waals surface area (Å²) in [5.74, 6) is -3.98. The normalized spacial score (nSPS) is 19.2. The molecule has 1 aliphatic rings. The zero-order chi connectivity index (χ0) is 19.9. The van der Waals surface area contributed by atoms with Gasteiger partial charge in [-0.15, -0.1) is 0 Å². The van der Waals surface area contributed by atoms with E-state index in [0.717, 1.165) is 10.9 Å². The number of carbonyl (C=O) groups excluding carboxylic acids is 2. The molecule has 28 heavy (non-hydrogen) atoms. The molecule has 1 aliphatic heterocycles. The molecule has 1 unspecified atom stereocenters. The third-order valence-electron chi connectivity index (χ3n) is 4.49. The summed E-state index contributed by atoms with van der Waals surface area (Å²) in [6.45, 7) is 0. The minimum atomic E-state index is -2.18.